The summed E-state index contributed by atoms with van der Waals surface area (Å²) in [7, 11) is 0. The first-order valence-electron chi connectivity index (χ1n) is 7.20. The second-order valence-electron chi connectivity index (χ2n) is 5.39. The van der Waals surface area contributed by atoms with Crippen LogP contribution in [0.2, 0.25) is 5.02 Å². The maximum Gasteiger partial charge on any atom is 0.213 e. The molecule has 0 unspecified atom stereocenters. The highest BCUT2D eigenvalue weighted by atomic mass is 35.5. The lowest BCUT2D eigenvalue weighted by atomic mass is 9.89. The third-order valence-electron chi connectivity index (χ3n) is 3.73. The molecule has 106 valence electrons. The summed E-state index contributed by atoms with van der Waals surface area (Å²) in [5.41, 5.74) is 1.05. The first-order chi connectivity index (χ1) is 9.19. The molecule has 0 aliphatic heterocycles. The summed E-state index contributed by atoms with van der Waals surface area (Å²) in [6.45, 7) is 6.08. The van der Waals surface area contributed by atoms with Crippen LogP contribution in [0.25, 0.3) is 0 Å². The fourth-order valence-electron chi connectivity index (χ4n) is 2.44. The first kappa shape index (κ1) is 14.6. The molecule has 0 saturated heterocycles. The van der Waals surface area contributed by atoms with Crippen molar-refractivity contribution in [1.82, 2.24) is 10.3 Å². The normalized spacial score (nSPS) is 23.3. The van der Waals surface area contributed by atoms with Crippen molar-refractivity contribution in [3.8, 4) is 5.88 Å². The molecule has 1 saturated carbocycles. The van der Waals surface area contributed by atoms with Gasteiger partial charge in [-0.15, -0.1) is 0 Å². The van der Waals surface area contributed by atoms with E-state index < -0.39 is 0 Å². The van der Waals surface area contributed by atoms with Crippen molar-refractivity contribution in [2.75, 3.05) is 6.54 Å². The van der Waals surface area contributed by atoms with Crippen LogP contribution < -0.4 is 10.1 Å². The first-order valence-corrected chi connectivity index (χ1v) is 7.58. The van der Waals surface area contributed by atoms with E-state index in [9.17, 15) is 0 Å². The number of pyridine rings is 1. The topological polar surface area (TPSA) is 34.1 Å². The molecule has 0 atom stereocenters. The molecule has 1 aromatic rings. The lowest BCUT2D eigenvalue weighted by Gasteiger charge is -2.26. The third kappa shape index (κ3) is 4.36. The third-order valence-corrected chi connectivity index (χ3v) is 4.07. The predicted octanol–water partition coefficient (Wildman–Crippen LogP) is 3.80. The van der Waals surface area contributed by atoms with Crippen LogP contribution in [0.4, 0.5) is 0 Å². The lowest BCUT2D eigenvalue weighted by molar-refractivity contribution is 0.130. The van der Waals surface area contributed by atoms with Gasteiger partial charge >= 0.3 is 0 Å². The average molecular weight is 283 g/mol. The highest BCUT2D eigenvalue weighted by Crippen LogP contribution is 2.27. The summed E-state index contributed by atoms with van der Waals surface area (Å²) in [5, 5.41) is 3.97. The Morgan fingerprint density at radius 3 is 2.79 bits per heavy atom. The van der Waals surface area contributed by atoms with Gasteiger partial charge in [0.2, 0.25) is 5.88 Å². The summed E-state index contributed by atoms with van der Waals surface area (Å²) >= 11 is 6.14. The second-order valence-corrected chi connectivity index (χ2v) is 5.80. The van der Waals surface area contributed by atoms with Crippen molar-refractivity contribution < 1.29 is 4.74 Å². The smallest absolute Gasteiger partial charge is 0.213 e. The highest BCUT2D eigenvalue weighted by Gasteiger charge is 2.20. The van der Waals surface area contributed by atoms with E-state index in [1.165, 1.54) is 12.8 Å². The second kappa shape index (κ2) is 7.11. The number of ether oxygens (including phenoxy) is 1. The minimum atomic E-state index is 0.317. The molecule has 0 radical (unpaired) electrons. The Labute approximate surface area is 120 Å². The zero-order chi connectivity index (χ0) is 13.7. The van der Waals surface area contributed by atoms with E-state index in [1.807, 2.05) is 6.07 Å². The number of halogens is 1. The van der Waals surface area contributed by atoms with Crippen LogP contribution in [0.1, 0.15) is 45.1 Å². The van der Waals surface area contributed by atoms with Crippen LogP contribution in [0.3, 0.4) is 0 Å². The molecule has 2 rings (SSSR count). The van der Waals surface area contributed by atoms with Crippen LogP contribution in [0, 0.1) is 5.92 Å². The molecule has 0 aromatic carbocycles. The fourth-order valence-corrected chi connectivity index (χ4v) is 2.61. The Morgan fingerprint density at radius 2 is 2.11 bits per heavy atom. The minimum absolute atomic E-state index is 0.317. The molecule has 0 bridgehead atoms. The quantitative estimate of drug-likeness (QED) is 0.892. The minimum Gasteiger partial charge on any atom is -0.474 e. The summed E-state index contributed by atoms with van der Waals surface area (Å²) in [4.78, 5) is 4.28. The summed E-state index contributed by atoms with van der Waals surface area (Å²) in [5.74, 6) is 1.54. The van der Waals surface area contributed by atoms with E-state index in [0.29, 0.717) is 17.0 Å². The maximum atomic E-state index is 6.14. The van der Waals surface area contributed by atoms with Gasteiger partial charge in [0.15, 0.2) is 0 Å². The van der Waals surface area contributed by atoms with Gasteiger partial charge in [-0.25, -0.2) is 4.98 Å². The SMILES string of the molecule is CCNCc1cc(OC2CCC(C)CC2)ncc1Cl. The van der Waals surface area contributed by atoms with Gasteiger partial charge in [-0.05, 0) is 43.7 Å². The van der Waals surface area contributed by atoms with E-state index in [4.69, 9.17) is 16.3 Å². The molecule has 1 aliphatic rings. The molecule has 1 heterocycles. The molecular weight excluding hydrogens is 260 g/mol. The van der Waals surface area contributed by atoms with E-state index in [1.54, 1.807) is 6.20 Å². The zero-order valence-corrected chi connectivity index (χ0v) is 12.5. The van der Waals surface area contributed by atoms with Crippen molar-refractivity contribution in [1.29, 1.82) is 0 Å². The Bertz CT molecular complexity index is 403. The Morgan fingerprint density at radius 1 is 1.37 bits per heavy atom. The largest absolute Gasteiger partial charge is 0.474 e. The number of rotatable bonds is 5. The van der Waals surface area contributed by atoms with Crippen LogP contribution in [-0.4, -0.2) is 17.6 Å². The van der Waals surface area contributed by atoms with Gasteiger partial charge in [0.25, 0.3) is 0 Å². The Hall–Kier alpha value is -0.800. The average Bonchev–Trinajstić information content (AvgIpc) is 2.42. The van der Waals surface area contributed by atoms with Crippen LogP contribution >= 0.6 is 11.6 Å². The Balaban J connectivity index is 1.96. The van der Waals surface area contributed by atoms with Gasteiger partial charge in [0.1, 0.15) is 6.10 Å². The van der Waals surface area contributed by atoms with Crippen molar-refractivity contribution in [2.24, 2.45) is 5.92 Å². The molecule has 1 aliphatic carbocycles. The number of hydrogen-bond acceptors (Lipinski definition) is 3. The molecule has 1 fully saturated rings. The number of nitrogens with one attached hydrogen (secondary N) is 1. The summed E-state index contributed by atoms with van der Waals surface area (Å²) in [6.07, 6.45) is 6.78. The number of hydrogen-bond donors (Lipinski definition) is 1. The molecule has 1 aromatic heterocycles. The van der Waals surface area contributed by atoms with Gasteiger partial charge in [-0.1, -0.05) is 25.4 Å². The molecule has 19 heavy (non-hydrogen) atoms. The maximum absolute atomic E-state index is 6.14. The zero-order valence-electron chi connectivity index (χ0n) is 11.8. The van der Waals surface area contributed by atoms with Gasteiger partial charge in [-0.2, -0.15) is 0 Å². The molecular formula is C15H23ClN2O. The van der Waals surface area contributed by atoms with Gasteiger partial charge in [0, 0.05) is 18.8 Å². The number of nitrogens with zero attached hydrogens (tertiary/aromatic N) is 1. The summed E-state index contributed by atoms with van der Waals surface area (Å²) < 4.78 is 5.98. The van der Waals surface area contributed by atoms with Crippen molar-refractivity contribution in [2.45, 2.75) is 52.2 Å². The Kier molecular flexibility index (Phi) is 5.46. The molecule has 3 nitrogen and oxygen atoms in total. The number of aromatic nitrogens is 1. The summed E-state index contributed by atoms with van der Waals surface area (Å²) in [6, 6.07) is 1.96. The van der Waals surface area contributed by atoms with Gasteiger partial charge in [-0.3, -0.25) is 0 Å². The van der Waals surface area contributed by atoms with E-state index in [0.717, 1.165) is 37.4 Å². The monoisotopic (exact) mass is 282 g/mol. The van der Waals surface area contributed by atoms with E-state index >= 15 is 0 Å². The molecule has 4 heteroatoms. The van der Waals surface area contributed by atoms with Crippen molar-refractivity contribution in [3.05, 3.63) is 22.8 Å². The van der Waals surface area contributed by atoms with Crippen LogP contribution in [0.5, 0.6) is 5.88 Å². The fraction of sp³-hybridized carbons (Fsp3) is 0.667. The van der Waals surface area contributed by atoms with Crippen LogP contribution in [-0.2, 0) is 6.54 Å². The van der Waals surface area contributed by atoms with Gasteiger partial charge in [0.05, 0.1) is 5.02 Å². The van der Waals surface area contributed by atoms with Crippen molar-refractivity contribution in [3.63, 3.8) is 0 Å². The van der Waals surface area contributed by atoms with Crippen LogP contribution in [0.15, 0.2) is 12.3 Å². The van der Waals surface area contributed by atoms with Crippen molar-refractivity contribution >= 4 is 11.6 Å². The van der Waals surface area contributed by atoms with E-state index in [-0.39, 0.29) is 0 Å². The highest BCUT2D eigenvalue weighted by molar-refractivity contribution is 6.31. The molecule has 1 N–H and O–H groups in total. The van der Waals surface area contributed by atoms with E-state index in [2.05, 4.69) is 24.1 Å². The standard InChI is InChI=1S/C15H23ClN2O/c1-3-17-9-12-8-15(18-10-14(12)16)19-13-6-4-11(2)5-7-13/h8,10-11,13,17H,3-7,9H2,1-2H3. The predicted molar refractivity (Wildman–Crippen MR) is 78.7 cm³/mol. The lowest BCUT2D eigenvalue weighted by Crippen LogP contribution is -2.23. The molecule has 0 amide bonds. The molecule has 0 spiro atoms. The van der Waals surface area contributed by atoms with Gasteiger partial charge < -0.3 is 10.1 Å².